The maximum Gasteiger partial charge on any atom is 0.290 e. The monoisotopic (exact) mass is 427 g/mol. The number of oxazole rings is 1. The van der Waals surface area contributed by atoms with E-state index in [-0.39, 0.29) is 23.9 Å². The molecule has 0 spiro atoms. The van der Waals surface area contributed by atoms with E-state index in [1.807, 2.05) is 73.8 Å². The molecule has 0 aliphatic heterocycles. The number of para-hydroxylation sites is 1. The quantitative estimate of drug-likeness (QED) is 0.477. The first-order chi connectivity index (χ1) is 15.6. The fraction of sp³-hybridized carbons (Fsp3) is 0.167. The average molecular weight is 427 g/mol. The number of hydrogen-bond acceptors (Lipinski definition) is 6. The highest BCUT2D eigenvalue weighted by Gasteiger charge is 2.20. The predicted molar refractivity (Wildman–Crippen MR) is 117 cm³/mol. The second-order valence-electron chi connectivity index (χ2n) is 6.95. The molecule has 1 amide bonds. The molecule has 32 heavy (non-hydrogen) atoms. The summed E-state index contributed by atoms with van der Waals surface area (Å²) in [6.45, 7) is 4.30. The molecule has 0 unspecified atom stereocenters. The van der Waals surface area contributed by atoms with Crippen LogP contribution < -0.4 is 10.1 Å². The first kappa shape index (κ1) is 20.9. The SMILES string of the molecule is CCOc1ccc(-c2nn(-c3ccccc3)cc2CNC(=O)c2oc(C)nc2C#N)cc1. The second-order valence-corrected chi connectivity index (χ2v) is 6.95. The summed E-state index contributed by atoms with van der Waals surface area (Å²) in [5, 5.41) is 16.7. The molecule has 2 aromatic heterocycles. The molecule has 0 aliphatic rings. The van der Waals surface area contributed by atoms with Gasteiger partial charge in [-0.1, -0.05) is 18.2 Å². The Morgan fingerprint density at radius 1 is 1.19 bits per heavy atom. The van der Waals surface area contributed by atoms with Crippen LogP contribution in [0.25, 0.3) is 16.9 Å². The molecular weight excluding hydrogens is 406 g/mol. The fourth-order valence-corrected chi connectivity index (χ4v) is 3.28. The lowest BCUT2D eigenvalue weighted by Gasteiger charge is -2.06. The number of nitrogens with one attached hydrogen (secondary N) is 1. The van der Waals surface area contributed by atoms with Crippen LogP contribution in [0.4, 0.5) is 0 Å². The molecule has 0 atom stereocenters. The molecule has 0 saturated carbocycles. The van der Waals surface area contributed by atoms with Gasteiger partial charge in [0.2, 0.25) is 5.76 Å². The Labute approximate surface area is 185 Å². The van der Waals surface area contributed by atoms with E-state index in [1.54, 1.807) is 11.6 Å². The number of nitriles is 1. The van der Waals surface area contributed by atoms with E-state index in [0.29, 0.717) is 6.61 Å². The Kier molecular flexibility index (Phi) is 5.99. The van der Waals surface area contributed by atoms with Gasteiger partial charge in [0.05, 0.1) is 18.0 Å². The number of carbonyl (C=O) groups excluding carboxylic acids is 1. The van der Waals surface area contributed by atoms with Crippen LogP contribution in [0, 0.1) is 18.3 Å². The molecule has 4 aromatic rings. The van der Waals surface area contributed by atoms with E-state index in [9.17, 15) is 10.1 Å². The van der Waals surface area contributed by atoms with E-state index in [2.05, 4.69) is 10.3 Å². The molecule has 1 N–H and O–H groups in total. The lowest BCUT2D eigenvalue weighted by molar-refractivity contribution is 0.0921. The lowest BCUT2D eigenvalue weighted by Crippen LogP contribution is -2.23. The van der Waals surface area contributed by atoms with Crippen LogP contribution in [-0.4, -0.2) is 27.3 Å². The van der Waals surface area contributed by atoms with E-state index >= 15 is 0 Å². The van der Waals surface area contributed by atoms with E-state index in [4.69, 9.17) is 14.3 Å². The third-order valence-corrected chi connectivity index (χ3v) is 4.74. The number of aryl methyl sites for hydroxylation is 1. The summed E-state index contributed by atoms with van der Waals surface area (Å²) in [4.78, 5) is 16.5. The van der Waals surface area contributed by atoms with Gasteiger partial charge in [-0.15, -0.1) is 0 Å². The summed E-state index contributed by atoms with van der Waals surface area (Å²) in [6, 6.07) is 19.2. The van der Waals surface area contributed by atoms with Crippen LogP contribution in [0.5, 0.6) is 5.75 Å². The van der Waals surface area contributed by atoms with Gasteiger partial charge in [0.25, 0.3) is 5.91 Å². The maximum absolute atomic E-state index is 12.6. The number of benzene rings is 2. The molecular formula is C24H21N5O3. The molecule has 8 heteroatoms. The van der Waals surface area contributed by atoms with Crippen molar-refractivity contribution in [2.24, 2.45) is 0 Å². The Morgan fingerprint density at radius 2 is 1.94 bits per heavy atom. The van der Waals surface area contributed by atoms with Crippen molar-refractivity contribution >= 4 is 5.91 Å². The van der Waals surface area contributed by atoms with Gasteiger partial charge in [-0.3, -0.25) is 4.79 Å². The van der Waals surface area contributed by atoms with Gasteiger partial charge >= 0.3 is 0 Å². The van der Waals surface area contributed by atoms with Gasteiger partial charge in [-0.05, 0) is 43.3 Å². The minimum Gasteiger partial charge on any atom is -0.494 e. The van der Waals surface area contributed by atoms with Crippen LogP contribution in [-0.2, 0) is 6.54 Å². The van der Waals surface area contributed by atoms with Crippen molar-refractivity contribution < 1.29 is 13.9 Å². The number of rotatable bonds is 7. The van der Waals surface area contributed by atoms with Gasteiger partial charge < -0.3 is 14.5 Å². The molecule has 8 nitrogen and oxygen atoms in total. The number of nitrogens with zero attached hydrogens (tertiary/aromatic N) is 4. The van der Waals surface area contributed by atoms with Crippen molar-refractivity contribution in [3.8, 4) is 28.8 Å². The van der Waals surface area contributed by atoms with Gasteiger partial charge in [0.1, 0.15) is 11.8 Å². The highest BCUT2D eigenvalue weighted by atomic mass is 16.5. The van der Waals surface area contributed by atoms with Crippen molar-refractivity contribution in [2.75, 3.05) is 6.61 Å². The number of ether oxygens (including phenoxy) is 1. The summed E-state index contributed by atoms with van der Waals surface area (Å²) in [6.07, 6.45) is 1.87. The maximum atomic E-state index is 12.6. The molecule has 2 aromatic carbocycles. The van der Waals surface area contributed by atoms with Crippen molar-refractivity contribution in [3.63, 3.8) is 0 Å². The number of carbonyl (C=O) groups is 1. The second kappa shape index (κ2) is 9.18. The minimum atomic E-state index is -0.507. The lowest BCUT2D eigenvalue weighted by atomic mass is 10.1. The average Bonchev–Trinajstić information content (AvgIpc) is 3.42. The third kappa shape index (κ3) is 4.37. The van der Waals surface area contributed by atoms with Crippen molar-refractivity contribution in [1.82, 2.24) is 20.1 Å². The zero-order valence-electron chi connectivity index (χ0n) is 17.7. The third-order valence-electron chi connectivity index (χ3n) is 4.74. The minimum absolute atomic E-state index is 0.0354. The summed E-state index contributed by atoms with van der Waals surface area (Å²) < 4.78 is 12.6. The summed E-state index contributed by atoms with van der Waals surface area (Å²) in [7, 11) is 0. The smallest absolute Gasteiger partial charge is 0.290 e. The van der Waals surface area contributed by atoms with E-state index in [0.717, 1.165) is 28.3 Å². The van der Waals surface area contributed by atoms with Crippen LogP contribution >= 0.6 is 0 Å². The fourth-order valence-electron chi connectivity index (χ4n) is 3.28. The zero-order chi connectivity index (χ0) is 22.5. The highest BCUT2D eigenvalue weighted by molar-refractivity contribution is 5.93. The summed E-state index contributed by atoms with van der Waals surface area (Å²) in [5.74, 6) is 0.437. The van der Waals surface area contributed by atoms with E-state index in [1.165, 1.54) is 0 Å². The summed E-state index contributed by atoms with van der Waals surface area (Å²) in [5.41, 5.74) is 3.29. The molecule has 2 heterocycles. The summed E-state index contributed by atoms with van der Waals surface area (Å²) >= 11 is 0. The van der Waals surface area contributed by atoms with Crippen molar-refractivity contribution in [1.29, 1.82) is 5.26 Å². The standard InChI is InChI=1S/C24H21N5O3/c1-3-31-20-11-9-17(10-12-20)22-18(15-29(28-22)19-7-5-4-6-8-19)14-26-24(30)23-21(13-25)27-16(2)32-23/h4-12,15H,3,14H2,1-2H3,(H,26,30). The Balaban J connectivity index is 1.64. The van der Waals surface area contributed by atoms with Gasteiger partial charge in [-0.25, -0.2) is 9.67 Å². The molecule has 0 bridgehead atoms. The van der Waals surface area contributed by atoms with Crippen molar-refractivity contribution in [3.05, 3.63) is 83.7 Å². The topological polar surface area (TPSA) is 106 Å². The Hall–Kier alpha value is -4.38. The molecule has 0 radical (unpaired) electrons. The molecule has 0 fully saturated rings. The van der Waals surface area contributed by atoms with Crippen LogP contribution in [0.2, 0.25) is 0 Å². The molecule has 0 aliphatic carbocycles. The number of aromatic nitrogens is 3. The first-order valence-corrected chi connectivity index (χ1v) is 10.1. The number of amides is 1. The Bertz CT molecular complexity index is 1270. The predicted octanol–water partition coefficient (Wildman–Crippen LogP) is 4.04. The highest BCUT2D eigenvalue weighted by Crippen LogP contribution is 2.26. The Morgan fingerprint density at radius 3 is 2.62 bits per heavy atom. The van der Waals surface area contributed by atoms with E-state index < -0.39 is 5.91 Å². The first-order valence-electron chi connectivity index (χ1n) is 10.1. The van der Waals surface area contributed by atoms with Gasteiger partial charge in [0.15, 0.2) is 11.6 Å². The van der Waals surface area contributed by atoms with Crippen LogP contribution in [0.15, 0.2) is 65.2 Å². The zero-order valence-corrected chi connectivity index (χ0v) is 17.7. The number of hydrogen-bond donors (Lipinski definition) is 1. The molecule has 0 saturated heterocycles. The van der Waals surface area contributed by atoms with Crippen molar-refractivity contribution in [2.45, 2.75) is 20.4 Å². The van der Waals surface area contributed by atoms with Crippen LogP contribution in [0.1, 0.15) is 34.6 Å². The normalized spacial score (nSPS) is 10.5. The largest absolute Gasteiger partial charge is 0.494 e. The van der Waals surface area contributed by atoms with Gasteiger partial charge in [-0.2, -0.15) is 10.4 Å². The van der Waals surface area contributed by atoms with Gasteiger partial charge in [0, 0.05) is 30.8 Å². The molecule has 4 rings (SSSR count). The van der Waals surface area contributed by atoms with Crippen LogP contribution in [0.3, 0.4) is 0 Å². The molecule has 160 valence electrons.